The van der Waals surface area contributed by atoms with Crippen LogP contribution in [-0.2, 0) is 4.74 Å². The fourth-order valence-electron chi connectivity index (χ4n) is 6.73. The summed E-state index contributed by atoms with van der Waals surface area (Å²) in [6, 6.07) is 6.43. The highest BCUT2D eigenvalue weighted by Crippen LogP contribution is 2.46. The van der Waals surface area contributed by atoms with Crippen molar-refractivity contribution in [1.29, 1.82) is 0 Å². The van der Waals surface area contributed by atoms with Crippen molar-refractivity contribution < 1.29 is 14.3 Å². The van der Waals surface area contributed by atoms with Gasteiger partial charge in [-0.3, -0.25) is 9.69 Å². The second kappa shape index (κ2) is 8.31. The van der Waals surface area contributed by atoms with E-state index in [1.165, 1.54) is 6.42 Å². The molecule has 0 bridgehead atoms. The SMILES string of the molecule is Cc1c(C(=O)NC2C(C)(C)CCCC2(C)C)c2cccc3c2n1[C@@H](CN1CCOCC1)CO3. The Bertz CT molecular complexity index is 1030. The van der Waals surface area contributed by atoms with Gasteiger partial charge in [-0.15, -0.1) is 0 Å². The van der Waals surface area contributed by atoms with Gasteiger partial charge in [0, 0.05) is 36.8 Å². The van der Waals surface area contributed by atoms with E-state index in [1.54, 1.807) is 0 Å². The molecule has 1 amide bonds. The van der Waals surface area contributed by atoms with Gasteiger partial charge < -0.3 is 19.4 Å². The van der Waals surface area contributed by atoms with Crippen molar-refractivity contribution in [2.45, 2.75) is 66.0 Å². The maximum Gasteiger partial charge on any atom is 0.253 e. The first-order valence-corrected chi connectivity index (χ1v) is 12.6. The summed E-state index contributed by atoms with van der Waals surface area (Å²) in [6.45, 7) is 16.3. The molecule has 2 aliphatic heterocycles. The first kappa shape index (κ1) is 22.7. The molecule has 1 aromatic heterocycles. The summed E-state index contributed by atoms with van der Waals surface area (Å²) >= 11 is 0. The van der Waals surface area contributed by atoms with Gasteiger partial charge in [0.25, 0.3) is 5.91 Å². The molecule has 2 aromatic rings. The highest BCUT2D eigenvalue weighted by molar-refractivity contribution is 6.10. The zero-order chi connectivity index (χ0) is 23.4. The number of rotatable bonds is 4. The Morgan fingerprint density at radius 3 is 2.52 bits per heavy atom. The zero-order valence-electron chi connectivity index (χ0n) is 20.9. The molecule has 1 aliphatic carbocycles. The number of carbonyl (C=O) groups is 1. The van der Waals surface area contributed by atoms with E-state index in [4.69, 9.17) is 9.47 Å². The lowest BCUT2D eigenvalue weighted by atomic mass is 9.61. The molecule has 1 atom stereocenters. The summed E-state index contributed by atoms with van der Waals surface area (Å²) in [5.74, 6) is 0.930. The van der Waals surface area contributed by atoms with Gasteiger partial charge in [-0.25, -0.2) is 0 Å². The molecule has 1 saturated carbocycles. The Hall–Kier alpha value is -2.05. The lowest BCUT2D eigenvalue weighted by Crippen LogP contribution is -2.55. The van der Waals surface area contributed by atoms with Crippen LogP contribution < -0.4 is 10.1 Å². The van der Waals surface area contributed by atoms with Crippen molar-refractivity contribution in [3.63, 3.8) is 0 Å². The lowest BCUT2D eigenvalue weighted by molar-refractivity contribution is 0.0272. The summed E-state index contributed by atoms with van der Waals surface area (Å²) < 4.78 is 14.1. The van der Waals surface area contributed by atoms with Crippen LogP contribution in [0.1, 0.15) is 69.1 Å². The molecule has 0 unspecified atom stereocenters. The van der Waals surface area contributed by atoms with Gasteiger partial charge in [0.15, 0.2) is 0 Å². The number of hydrogen-bond acceptors (Lipinski definition) is 4. The van der Waals surface area contributed by atoms with E-state index in [9.17, 15) is 4.79 Å². The molecule has 1 N–H and O–H groups in total. The van der Waals surface area contributed by atoms with Crippen molar-refractivity contribution in [3.05, 3.63) is 29.5 Å². The molecule has 1 saturated heterocycles. The Morgan fingerprint density at radius 1 is 1.12 bits per heavy atom. The standard InChI is InChI=1S/C27H39N3O3/c1-18-22(24(31)28-25-26(2,3)10-7-11-27(25,4)5)20-8-6-9-21-23(20)30(18)19(17-33-21)16-29-12-14-32-15-13-29/h6,8-9,19,25H,7,10-17H2,1-5H3,(H,28,31)/t19-/m0/s1. The van der Waals surface area contributed by atoms with Crippen molar-refractivity contribution in [1.82, 2.24) is 14.8 Å². The van der Waals surface area contributed by atoms with Gasteiger partial charge in [-0.05, 0) is 36.7 Å². The number of carbonyl (C=O) groups excluding carboxylic acids is 1. The lowest BCUT2D eigenvalue weighted by Gasteiger charge is -2.49. The first-order valence-electron chi connectivity index (χ1n) is 12.6. The van der Waals surface area contributed by atoms with E-state index in [1.807, 2.05) is 12.1 Å². The average molecular weight is 454 g/mol. The molecule has 6 nitrogen and oxygen atoms in total. The van der Waals surface area contributed by atoms with Crippen LogP contribution in [0.3, 0.4) is 0 Å². The monoisotopic (exact) mass is 453 g/mol. The number of aromatic nitrogens is 1. The third kappa shape index (κ3) is 3.95. The molecule has 0 radical (unpaired) electrons. The number of amides is 1. The Balaban J connectivity index is 1.51. The molecule has 180 valence electrons. The van der Waals surface area contributed by atoms with Crippen molar-refractivity contribution >= 4 is 16.8 Å². The highest BCUT2D eigenvalue weighted by Gasteiger charge is 2.45. The smallest absolute Gasteiger partial charge is 0.253 e. The zero-order valence-corrected chi connectivity index (χ0v) is 20.9. The molecule has 2 fully saturated rings. The van der Waals surface area contributed by atoms with Crippen LogP contribution in [0.5, 0.6) is 5.75 Å². The third-order valence-electron chi connectivity index (χ3n) is 8.31. The largest absolute Gasteiger partial charge is 0.489 e. The quantitative estimate of drug-likeness (QED) is 0.738. The molecule has 3 heterocycles. The minimum atomic E-state index is 0.0495. The van der Waals surface area contributed by atoms with E-state index in [0.29, 0.717) is 6.61 Å². The Labute approximate surface area is 197 Å². The maximum absolute atomic E-state index is 13.9. The molecule has 33 heavy (non-hydrogen) atoms. The summed E-state index contributed by atoms with van der Waals surface area (Å²) in [6.07, 6.45) is 3.50. The van der Waals surface area contributed by atoms with Crippen LogP contribution in [0.15, 0.2) is 18.2 Å². The second-order valence-corrected chi connectivity index (χ2v) is 11.6. The van der Waals surface area contributed by atoms with Crippen LogP contribution in [0.25, 0.3) is 10.9 Å². The molecule has 5 rings (SSSR count). The first-order chi connectivity index (χ1) is 15.7. The van der Waals surface area contributed by atoms with E-state index in [-0.39, 0.29) is 28.8 Å². The third-order valence-corrected chi connectivity index (χ3v) is 8.31. The van der Waals surface area contributed by atoms with Crippen molar-refractivity contribution in [2.75, 3.05) is 39.5 Å². The normalized spacial score (nSPS) is 25.1. The number of morpholine rings is 1. The number of benzene rings is 1. The van der Waals surface area contributed by atoms with Gasteiger partial charge >= 0.3 is 0 Å². The van der Waals surface area contributed by atoms with Gasteiger partial charge in [0.2, 0.25) is 0 Å². The predicted octanol–water partition coefficient (Wildman–Crippen LogP) is 4.55. The maximum atomic E-state index is 13.9. The number of ether oxygens (including phenoxy) is 2. The number of para-hydroxylation sites is 1. The van der Waals surface area contributed by atoms with Gasteiger partial charge in [0.05, 0.1) is 30.3 Å². The molecule has 1 aromatic carbocycles. The minimum Gasteiger partial charge on any atom is -0.489 e. The number of hydrogen-bond donors (Lipinski definition) is 1. The van der Waals surface area contributed by atoms with E-state index in [0.717, 1.165) is 73.6 Å². The van der Waals surface area contributed by atoms with E-state index >= 15 is 0 Å². The van der Waals surface area contributed by atoms with Gasteiger partial charge in [-0.2, -0.15) is 0 Å². The van der Waals surface area contributed by atoms with Gasteiger partial charge in [-0.1, -0.05) is 46.2 Å². The fraction of sp³-hybridized carbons (Fsp3) is 0.667. The van der Waals surface area contributed by atoms with Crippen LogP contribution >= 0.6 is 0 Å². The number of nitrogens with zero attached hydrogens (tertiary/aromatic N) is 2. The molecule has 0 spiro atoms. The van der Waals surface area contributed by atoms with E-state index in [2.05, 4.69) is 55.5 Å². The topological polar surface area (TPSA) is 55.7 Å². The van der Waals surface area contributed by atoms with Gasteiger partial charge in [0.1, 0.15) is 12.4 Å². The molecule has 6 heteroatoms. The summed E-state index contributed by atoms with van der Waals surface area (Å²) in [4.78, 5) is 16.3. The number of nitrogens with one attached hydrogen (secondary N) is 1. The Kier molecular flexibility index (Phi) is 5.73. The summed E-state index contributed by atoms with van der Waals surface area (Å²) in [5.41, 5.74) is 3.06. The van der Waals surface area contributed by atoms with Crippen LogP contribution in [-0.4, -0.2) is 60.9 Å². The highest BCUT2D eigenvalue weighted by atomic mass is 16.5. The molecule has 3 aliphatic rings. The Morgan fingerprint density at radius 2 is 1.82 bits per heavy atom. The average Bonchev–Trinajstić information content (AvgIpc) is 3.07. The van der Waals surface area contributed by atoms with Crippen LogP contribution in [0.2, 0.25) is 0 Å². The van der Waals surface area contributed by atoms with Crippen molar-refractivity contribution in [3.8, 4) is 5.75 Å². The summed E-state index contributed by atoms with van der Waals surface area (Å²) in [5, 5.41) is 4.50. The van der Waals surface area contributed by atoms with E-state index < -0.39 is 0 Å². The predicted molar refractivity (Wildman–Crippen MR) is 131 cm³/mol. The fourth-order valence-corrected chi connectivity index (χ4v) is 6.73. The minimum absolute atomic E-state index is 0.0495. The van der Waals surface area contributed by atoms with Crippen LogP contribution in [0.4, 0.5) is 0 Å². The van der Waals surface area contributed by atoms with Crippen LogP contribution in [0, 0.1) is 17.8 Å². The van der Waals surface area contributed by atoms with Crippen molar-refractivity contribution in [2.24, 2.45) is 10.8 Å². The molecular weight excluding hydrogens is 414 g/mol. The second-order valence-electron chi connectivity index (χ2n) is 11.6. The molecular formula is C27H39N3O3. The summed E-state index contributed by atoms with van der Waals surface area (Å²) in [7, 11) is 0.